The van der Waals surface area contributed by atoms with Gasteiger partial charge in [-0.15, -0.1) is 0 Å². The van der Waals surface area contributed by atoms with Crippen LogP contribution in [0.5, 0.6) is 0 Å². The van der Waals surface area contributed by atoms with Gasteiger partial charge < -0.3 is 9.80 Å². The third-order valence-corrected chi connectivity index (χ3v) is 4.98. The number of rotatable bonds is 2. The number of amides is 2. The molecule has 0 saturated carbocycles. The van der Waals surface area contributed by atoms with E-state index in [0.717, 1.165) is 6.07 Å². The van der Waals surface area contributed by atoms with Crippen molar-refractivity contribution in [3.8, 4) is 0 Å². The van der Waals surface area contributed by atoms with Gasteiger partial charge >= 0.3 is 0 Å². The number of hydrogen-bond acceptors (Lipinski definition) is 2. The lowest BCUT2D eigenvalue weighted by Crippen LogP contribution is -2.50. The van der Waals surface area contributed by atoms with Crippen molar-refractivity contribution in [3.63, 3.8) is 0 Å². The second kappa shape index (κ2) is 7.72. The fraction of sp³-hybridized carbons (Fsp3) is 0.222. The largest absolute Gasteiger partial charge is 0.335 e. The Hall–Kier alpha value is -1.99. The summed E-state index contributed by atoms with van der Waals surface area (Å²) in [6.45, 7) is 1.12. The Kier molecular flexibility index (Phi) is 5.58. The van der Waals surface area contributed by atoms with Crippen LogP contribution in [0.1, 0.15) is 20.7 Å². The molecule has 0 N–H and O–H groups in total. The van der Waals surface area contributed by atoms with Gasteiger partial charge in [-0.1, -0.05) is 27.5 Å². The third kappa shape index (κ3) is 3.88. The van der Waals surface area contributed by atoms with Crippen LogP contribution < -0.4 is 0 Å². The van der Waals surface area contributed by atoms with Crippen LogP contribution in [0.4, 0.5) is 8.78 Å². The second-order valence-electron chi connectivity index (χ2n) is 5.83. The molecule has 0 atom stereocenters. The maximum Gasteiger partial charge on any atom is 0.256 e. The van der Waals surface area contributed by atoms with Gasteiger partial charge in [-0.2, -0.15) is 0 Å². The molecule has 1 heterocycles. The summed E-state index contributed by atoms with van der Waals surface area (Å²) in [7, 11) is 0. The molecule has 0 aromatic heterocycles. The van der Waals surface area contributed by atoms with Gasteiger partial charge in [0, 0.05) is 30.7 Å². The zero-order valence-corrected chi connectivity index (χ0v) is 15.9. The Bertz CT molecular complexity index is 870. The number of carbonyl (C=O) groups excluding carboxylic acids is 2. The Balaban J connectivity index is 1.68. The van der Waals surface area contributed by atoms with E-state index in [4.69, 9.17) is 11.6 Å². The molecule has 1 fully saturated rings. The standard InChI is InChI=1S/C18H14BrClF2N2O2/c19-11-1-4-16(22)14(9-11)18(26)24-7-5-23(6-8-24)17(25)13-3-2-12(21)10-15(13)20/h1-4,9-10H,5-8H2. The first-order valence-electron chi connectivity index (χ1n) is 7.85. The molecule has 4 nitrogen and oxygen atoms in total. The molecule has 0 spiro atoms. The normalized spacial score (nSPS) is 14.5. The van der Waals surface area contributed by atoms with Crippen LogP contribution in [-0.4, -0.2) is 47.8 Å². The van der Waals surface area contributed by atoms with E-state index in [1.807, 2.05) is 0 Å². The highest BCUT2D eigenvalue weighted by atomic mass is 79.9. The van der Waals surface area contributed by atoms with Gasteiger partial charge in [-0.3, -0.25) is 9.59 Å². The lowest BCUT2D eigenvalue weighted by molar-refractivity contribution is 0.0533. The van der Waals surface area contributed by atoms with Crippen LogP contribution >= 0.6 is 27.5 Å². The molecule has 3 rings (SSSR count). The van der Waals surface area contributed by atoms with Gasteiger partial charge in [-0.25, -0.2) is 8.78 Å². The van der Waals surface area contributed by atoms with E-state index in [1.165, 1.54) is 35.2 Å². The highest BCUT2D eigenvalue weighted by Gasteiger charge is 2.27. The molecule has 2 aromatic rings. The summed E-state index contributed by atoms with van der Waals surface area (Å²) in [6.07, 6.45) is 0. The van der Waals surface area contributed by atoms with Crippen molar-refractivity contribution >= 4 is 39.3 Å². The number of piperazine rings is 1. The van der Waals surface area contributed by atoms with Crippen molar-refractivity contribution in [2.75, 3.05) is 26.2 Å². The smallest absolute Gasteiger partial charge is 0.256 e. The highest BCUT2D eigenvalue weighted by molar-refractivity contribution is 9.10. The Morgan fingerprint density at radius 1 is 0.885 bits per heavy atom. The lowest BCUT2D eigenvalue weighted by Gasteiger charge is -2.35. The van der Waals surface area contributed by atoms with Crippen molar-refractivity contribution in [2.45, 2.75) is 0 Å². The predicted octanol–water partition coefficient (Wildman–Crippen LogP) is 3.98. The molecule has 1 aliphatic rings. The molecule has 8 heteroatoms. The maximum absolute atomic E-state index is 13.9. The summed E-state index contributed by atoms with van der Waals surface area (Å²) in [5.74, 6) is -1.85. The van der Waals surface area contributed by atoms with Crippen molar-refractivity contribution in [1.29, 1.82) is 0 Å². The van der Waals surface area contributed by atoms with Gasteiger partial charge in [-0.05, 0) is 36.4 Å². The van der Waals surface area contributed by atoms with Crippen LogP contribution in [0.15, 0.2) is 40.9 Å². The average molecular weight is 444 g/mol. The average Bonchev–Trinajstić information content (AvgIpc) is 2.63. The Morgan fingerprint density at radius 3 is 2.04 bits per heavy atom. The summed E-state index contributed by atoms with van der Waals surface area (Å²) >= 11 is 9.16. The summed E-state index contributed by atoms with van der Waals surface area (Å²) in [6, 6.07) is 7.80. The topological polar surface area (TPSA) is 40.6 Å². The Labute approximate surface area is 162 Å². The van der Waals surface area contributed by atoms with Crippen molar-refractivity contribution in [3.05, 3.63) is 68.7 Å². The fourth-order valence-electron chi connectivity index (χ4n) is 2.78. The SMILES string of the molecule is O=C(c1cc(Br)ccc1F)N1CCN(C(=O)c2ccc(F)cc2Cl)CC1. The molecular weight excluding hydrogens is 430 g/mol. The minimum atomic E-state index is -0.588. The van der Waals surface area contributed by atoms with Gasteiger partial charge in [0.25, 0.3) is 11.8 Å². The molecule has 26 heavy (non-hydrogen) atoms. The molecule has 0 aliphatic carbocycles. The first-order chi connectivity index (χ1) is 12.4. The molecular formula is C18H14BrClF2N2O2. The first-order valence-corrected chi connectivity index (χ1v) is 9.02. The molecule has 2 aromatic carbocycles. The minimum Gasteiger partial charge on any atom is -0.335 e. The minimum absolute atomic E-state index is 0.0132. The van der Waals surface area contributed by atoms with E-state index in [-0.39, 0.29) is 48.2 Å². The van der Waals surface area contributed by atoms with E-state index in [2.05, 4.69) is 15.9 Å². The van der Waals surface area contributed by atoms with Gasteiger partial charge in [0.1, 0.15) is 11.6 Å². The molecule has 0 unspecified atom stereocenters. The van der Waals surface area contributed by atoms with E-state index in [9.17, 15) is 18.4 Å². The molecule has 1 aliphatic heterocycles. The molecule has 2 amide bonds. The number of nitrogens with zero attached hydrogens (tertiary/aromatic N) is 2. The molecule has 136 valence electrons. The van der Waals surface area contributed by atoms with Crippen molar-refractivity contribution in [1.82, 2.24) is 9.80 Å². The number of halogens is 4. The molecule has 0 radical (unpaired) electrons. The quantitative estimate of drug-likeness (QED) is 0.704. The van der Waals surface area contributed by atoms with Gasteiger partial charge in [0.05, 0.1) is 16.1 Å². The Morgan fingerprint density at radius 2 is 1.46 bits per heavy atom. The summed E-state index contributed by atoms with van der Waals surface area (Å²) < 4.78 is 27.6. The van der Waals surface area contributed by atoms with E-state index < -0.39 is 17.5 Å². The van der Waals surface area contributed by atoms with Gasteiger partial charge in [0.15, 0.2) is 0 Å². The van der Waals surface area contributed by atoms with E-state index >= 15 is 0 Å². The lowest BCUT2D eigenvalue weighted by atomic mass is 10.1. The highest BCUT2D eigenvalue weighted by Crippen LogP contribution is 2.21. The summed E-state index contributed by atoms with van der Waals surface area (Å²) in [5, 5.41) is 0.0460. The number of benzene rings is 2. The zero-order valence-electron chi connectivity index (χ0n) is 13.5. The van der Waals surface area contributed by atoms with Crippen LogP contribution in [-0.2, 0) is 0 Å². The first kappa shape index (κ1) is 18.8. The molecule has 1 saturated heterocycles. The van der Waals surface area contributed by atoms with Crippen LogP contribution in [0, 0.1) is 11.6 Å². The maximum atomic E-state index is 13.9. The predicted molar refractivity (Wildman–Crippen MR) is 97.3 cm³/mol. The van der Waals surface area contributed by atoms with Crippen LogP contribution in [0.2, 0.25) is 5.02 Å². The van der Waals surface area contributed by atoms with Gasteiger partial charge in [0.2, 0.25) is 0 Å². The fourth-order valence-corrected chi connectivity index (χ4v) is 3.39. The van der Waals surface area contributed by atoms with Crippen molar-refractivity contribution in [2.24, 2.45) is 0 Å². The zero-order chi connectivity index (χ0) is 18.8. The van der Waals surface area contributed by atoms with Crippen LogP contribution in [0.25, 0.3) is 0 Å². The van der Waals surface area contributed by atoms with E-state index in [0.29, 0.717) is 4.47 Å². The van der Waals surface area contributed by atoms with Crippen molar-refractivity contribution < 1.29 is 18.4 Å². The monoisotopic (exact) mass is 442 g/mol. The summed E-state index contributed by atoms with van der Waals surface area (Å²) in [4.78, 5) is 28.1. The molecule has 0 bridgehead atoms. The summed E-state index contributed by atoms with van der Waals surface area (Å²) in [5.41, 5.74) is 0.201. The third-order valence-electron chi connectivity index (χ3n) is 4.17. The number of hydrogen-bond donors (Lipinski definition) is 0. The van der Waals surface area contributed by atoms with Crippen LogP contribution in [0.3, 0.4) is 0 Å². The number of carbonyl (C=O) groups is 2. The second-order valence-corrected chi connectivity index (χ2v) is 7.16. The van der Waals surface area contributed by atoms with E-state index in [1.54, 1.807) is 4.90 Å².